The molecular formula is C13H23NO. The molecule has 15 heavy (non-hydrogen) atoms. The van der Waals surface area contributed by atoms with Gasteiger partial charge in [-0.1, -0.05) is 26.2 Å². The van der Waals surface area contributed by atoms with Crippen LogP contribution in [0.15, 0.2) is 11.8 Å². The Kier molecular flexibility index (Phi) is 4.07. The molecule has 86 valence electrons. The van der Waals surface area contributed by atoms with E-state index in [4.69, 9.17) is 4.74 Å². The van der Waals surface area contributed by atoms with Crippen LogP contribution in [0.4, 0.5) is 0 Å². The fourth-order valence-corrected chi connectivity index (χ4v) is 2.84. The lowest BCUT2D eigenvalue weighted by Crippen LogP contribution is -2.39. The summed E-state index contributed by atoms with van der Waals surface area (Å²) in [6.45, 7) is 4.12. The first kappa shape index (κ1) is 11.0. The number of hydrogen-bond acceptors (Lipinski definition) is 2. The SMILES string of the molecule is CCNC(C1=CCCO1)C1CCCCC1. The molecule has 0 bridgehead atoms. The zero-order valence-corrected chi connectivity index (χ0v) is 9.80. The van der Waals surface area contributed by atoms with Crippen molar-refractivity contribution >= 4 is 0 Å². The highest BCUT2D eigenvalue weighted by Crippen LogP contribution is 2.31. The van der Waals surface area contributed by atoms with Gasteiger partial charge < -0.3 is 10.1 Å². The predicted octanol–water partition coefficient (Wildman–Crippen LogP) is 2.85. The molecule has 1 aliphatic carbocycles. The van der Waals surface area contributed by atoms with Crippen molar-refractivity contribution in [2.75, 3.05) is 13.2 Å². The van der Waals surface area contributed by atoms with Gasteiger partial charge >= 0.3 is 0 Å². The second-order valence-electron chi connectivity index (χ2n) is 4.68. The first-order valence-electron chi connectivity index (χ1n) is 6.48. The number of hydrogen-bond donors (Lipinski definition) is 1. The fraction of sp³-hybridized carbons (Fsp3) is 0.846. The summed E-state index contributed by atoms with van der Waals surface area (Å²) in [5.74, 6) is 2.03. The molecule has 0 aromatic heterocycles. The Bertz CT molecular complexity index is 219. The topological polar surface area (TPSA) is 21.3 Å². The molecule has 0 spiro atoms. The average Bonchev–Trinajstić information content (AvgIpc) is 2.80. The lowest BCUT2D eigenvalue weighted by atomic mass is 9.83. The van der Waals surface area contributed by atoms with Crippen LogP contribution in [0.1, 0.15) is 45.4 Å². The van der Waals surface area contributed by atoms with Crippen LogP contribution in [0.2, 0.25) is 0 Å². The number of nitrogens with one attached hydrogen (secondary N) is 1. The van der Waals surface area contributed by atoms with Gasteiger partial charge in [0.15, 0.2) is 0 Å². The molecule has 1 N–H and O–H groups in total. The maximum atomic E-state index is 5.72. The molecular weight excluding hydrogens is 186 g/mol. The minimum Gasteiger partial charge on any atom is -0.496 e. The van der Waals surface area contributed by atoms with E-state index in [1.165, 1.54) is 37.9 Å². The fourth-order valence-electron chi connectivity index (χ4n) is 2.84. The van der Waals surface area contributed by atoms with E-state index in [0.717, 1.165) is 25.5 Å². The van der Waals surface area contributed by atoms with Crippen molar-refractivity contribution in [3.8, 4) is 0 Å². The van der Waals surface area contributed by atoms with Gasteiger partial charge in [0.2, 0.25) is 0 Å². The minimum atomic E-state index is 0.498. The zero-order valence-electron chi connectivity index (χ0n) is 9.80. The summed E-state index contributed by atoms with van der Waals surface area (Å²) in [6, 6.07) is 0.498. The van der Waals surface area contributed by atoms with Gasteiger partial charge in [-0.3, -0.25) is 0 Å². The zero-order chi connectivity index (χ0) is 10.5. The van der Waals surface area contributed by atoms with Gasteiger partial charge in [0, 0.05) is 6.42 Å². The van der Waals surface area contributed by atoms with E-state index in [1.807, 2.05) is 0 Å². The Balaban J connectivity index is 1.97. The molecule has 1 atom stereocenters. The van der Waals surface area contributed by atoms with E-state index < -0.39 is 0 Å². The van der Waals surface area contributed by atoms with E-state index in [9.17, 15) is 0 Å². The lowest BCUT2D eigenvalue weighted by Gasteiger charge is -2.31. The molecule has 0 amide bonds. The molecule has 2 nitrogen and oxygen atoms in total. The standard InChI is InChI=1S/C13H23NO/c1-2-14-13(12-9-6-10-15-12)11-7-4-3-5-8-11/h9,11,13-14H,2-8,10H2,1H3. The van der Waals surface area contributed by atoms with Crippen molar-refractivity contribution in [1.82, 2.24) is 5.32 Å². The Labute approximate surface area is 93.1 Å². The van der Waals surface area contributed by atoms with Gasteiger partial charge in [-0.2, -0.15) is 0 Å². The van der Waals surface area contributed by atoms with Crippen molar-refractivity contribution in [3.63, 3.8) is 0 Å². The van der Waals surface area contributed by atoms with Crippen LogP contribution in [0.5, 0.6) is 0 Å². The van der Waals surface area contributed by atoms with Crippen molar-refractivity contribution in [2.24, 2.45) is 5.92 Å². The predicted molar refractivity (Wildman–Crippen MR) is 62.7 cm³/mol. The van der Waals surface area contributed by atoms with E-state index in [1.54, 1.807) is 0 Å². The van der Waals surface area contributed by atoms with Crippen LogP contribution in [-0.4, -0.2) is 19.2 Å². The van der Waals surface area contributed by atoms with Crippen molar-refractivity contribution in [3.05, 3.63) is 11.8 Å². The molecule has 2 rings (SSSR count). The molecule has 1 aliphatic heterocycles. The smallest absolute Gasteiger partial charge is 0.109 e. The van der Waals surface area contributed by atoms with Crippen LogP contribution < -0.4 is 5.32 Å². The second-order valence-corrected chi connectivity index (χ2v) is 4.68. The highest BCUT2D eigenvalue weighted by Gasteiger charge is 2.28. The normalized spacial score (nSPS) is 24.7. The molecule has 0 radical (unpaired) electrons. The minimum absolute atomic E-state index is 0.498. The van der Waals surface area contributed by atoms with Crippen molar-refractivity contribution in [1.29, 1.82) is 0 Å². The lowest BCUT2D eigenvalue weighted by molar-refractivity contribution is 0.177. The van der Waals surface area contributed by atoms with E-state index in [-0.39, 0.29) is 0 Å². The summed E-state index contributed by atoms with van der Waals surface area (Å²) in [5.41, 5.74) is 0. The average molecular weight is 209 g/mol. The summed E-state index contributed by atoms with van der Waals surface area (Å²) in [4.78, 5) is 0. The van der Waals surface area contributed by atoms with Crippen LogP contribution in [0.3, 0.4) is 0 Å². The maximum absolute atomic E-state index is 5.72. The molecule has 1 saturated carbocycles. The van der Waals surface area contributed by atoms with E-state index in [0.29, 0.717) is 6.04 Å². The summed E-state index contributed by atoms with van der Waals surface area (Å²) in [6.07, 6.45) is 10.4. The quantitative estimate of drug-likeness (QED) is 0.768. The highest BCUT2D eigenvalue weighted by atomic mass is 16.5. The third-order valence-corrected chi connectivity index (χ3v) is 3.58. The Morgan fingerprint density at radius 3 is 2.80 bits per heavy atom. The van der Waals surface area contributed by atoms with E-state index >= 15 is 0 Å². The third-order valence-electron chi connectivity index (χ3n) is 3.58. The summed E-state index contributed by atoms with van der Waals surface area (Å²) in [5, 5.41) is 3.60. The maximum Gasteiger partial charge on any atom is 0.109 e. The molecule has 2 heteroatoms. The molecule has 0 aromatic carbocycles. The number of rotatable bonds is 4. The first-order valence-corrected chi connectivity index (χ1v) is 6.48. The molecule has 2 aliphatic rings. The van der Waals surface area contributed by atoms with Gasteiger partial charge in [-0.05, 0) is 31.4 Å². The number of likely N-dealkylation sites (N-methyl/N-ethyl adjacent to an activating group) is 1. The van der Waals surface area contributed by atoms with Crippen LogP contribution in [0.25, 0.3) is 0 Å². The van der Waals surface area contributed by atoms with Crippen molar-refractivity contribution in [2.45, 2.75) is 51.5 Å². The van der Waals surface area contributed by atoms with Gasteiger partial charge in [0.05, 0.1) is 12.6 Å². The van der Waals surface area contributed by atoms with E-state index in [2.05, 4.69) is 18.3 Å². The Morgan fingerprint density at radius 2 is 2.20 bits per heavy atom. The largest absolute Gasteiger partial charge is 0.496 e. The van der Waals surface area contributed by atoms with Crippen LogP contribution in [-0.2, 0) is 4.74 Å². The summed E-state index contributed by atoms with van der Waals surface area (Å²) in [7, 11) is 0. The van der Waals surface area contributed by atoms with Gasteiger partial charge in [-0.15, -0.1) is 0 Å². The van der Waals surface area contributed by atoms with Gasteiger partial charge in [0.1, 0.15) is 5.76 Å². The Morgan fingerprint density at radius 1 is 1.40 bits per heavy atom. The van der Waals surface area contributed by atoms with Gasteiger partial charge in [-0.25, -0.2) is 0 Å². The van der Waals surface area contributed by atoms with Crippen LogP contribution >= 0.6 is 0 Å². The molecule has 1 heterocycles. The van der Waals surface area contributed by atoms with Gasteiger partial charge in [0.25, 0.3) is 0 Å². The molecule has 1 unspecified atom stereocenters. The summed E-state index contributed by atoms with van der Waals surface area (Å²) >= 11 is 0. The monoisotopic (exact) mass is 209 g/mol. The molecule has 0 aromatic rings. The van der Waals surface area contributed by atoms with Crippen LogP contribution in [0, 0.1) is 5.92 Å². The Hall–Kier alpha value is -0.500. The van der Waals surface area contributed by atoms with Crippen molar-refractivity contribution < 1.29 is 4.74 Å². The molecule has 0 saturated heterocycles. The first-order chi connectivity index (χ1) is 7.42. The highest BCUT2D eigenvalue weighted by molar-refractivity contribution is 5.09. The summed E-state index contributed by atoms with van der Waals surface area (Å²) < 4.78 is 5.72. The number of ether oxygens (including phenoxy) is 1. The second kappa shape index (κ2) is 5.55. The third kappa shape index (κ3) is 2.75. The molecule has 1 fully saturated rings.